The van der Waals surface area contributed by atoms with Crippen molar-refractivity contribution >= 4 is 23.3 Å². The third kappa shape index (κ3) is 6.08. The van der Waals surface area contributed by atoms with Crippen LogP contribution in [0.2, 0.25) is 0 Å². The second kappa shape index (κ2) is 12.6. The van der Waals surface area contributed by atoms with Gasteiger partial charge in [-0.15, -0.1) is 0 Å². The fourth-order valence-electron chi connectivity index (χ4n) is 5.41. The average molecular weight is 534 g/mol. The van der Waals surface area contributed by atoms with Crippen LogP contribution in [-0.4, -0.2) is 49.6 Å². The quantitative estimate of drug-likeness (QED) is 0.252. The smallest absolute Gasteiger partial charge is 0.328 e. The molecule has 5 rings (SSSR count). The van der Waals surface area contributed by atoms with E-state index in [0.29, 0.717) is 12.2 Å². The first-order chi connectivity index (χ1) is 19.5. The number of esters is 1. The molecule has 1 saturated heterocycles. The first-order valence-corrected chi connectivity index (χ1v) is 13.8. The van der Waals surface area contributed by atoms with Crippen LogP contribution >= 0.6 is 0 Å². The molecular weight excluding hydrogens is 498 g/mol. The summed E-state index contributed by atoms with van der Waals surface area (Å²) in [4.78, 5) is 30.6. The van der Waals surface area contributed by atoms with Gasteiger partial charge in [-0.2, -0.15) is 0 Å². The number of anilines is 2. The number of amides is 1. The van der Waals surface area contributed by atoms with E-state index >= 15 is 0 Å². The van der Waals surface area contributed by atoms with Crippen LogP contribution in [0.25, 0.3) is 11.1 Å². The zero-order chi connectivity index (χ0) is 27.9. The number of carbonyl (C=O) groups is 2. The summed E-state index contributed by atoms with van der Waals surface area (Å²) in [5.41, 5.74) is 5.30. The standard InChI is InChI=1S/C34H35N3O3/c1-3-40-34(39)32(26-14-8-5-9-15-26)37-23-22-29(24-37)36(2)28-20-18-27(19-21-28)35-33(38)31-17-11-10-16-30(31)25-12-6-4-7-13-25/h4-21,29,32H,3,22-24H2,1-2H3,(H,35,38). The molecule has 40 heavy (non-hydrogen) atoms. The van der Waals surface area contributed by atoms with Crippen molar-refractivity contribution in [3.63, 3.8) is 0 Å². The molecule has 6 nitrogen and oxygen atoms in total. The van der Waals surface area contributed by atoms with E-state index in [1.165, 1.54) is 0 Å². The third-order valence-corrected chi connectivity index (χ3v) is 7.52. The summed E-state index contributed by atoms with van der Waals surface area (Å²) in [6.07, 6.45) is 0.938. The summed E-state index contributed by atoms with van der Waals surface area (Å²) < 4.78 is 5.43. The Balaban J connectivity index is 1.25. The fraction of sp³-hybridized carbons (Fsp3) is 0.235. The molecule has 1 fully saturated rings. The van der Waals surface area contributed by atoms with Gasteiger partial charge in [0, 0.05) is 43.1 Å². The molecule has 0 spiro atoms. The Morgan fingerprint density at radius 3 is 2.25 bits per heavy atom. The average Bonchev–Trinajstić information content (AvgIpc) is 3.48. The molecular formula is C34H35N3O3. The van der Waals surface area contributed by atoms with Gasteiger partial charge in [0.1, 0.15) is 6.04 Å². The van der Waals surface area contributed by atoms with E-state index in [1.54, 1.807) is 0 Å². The zero-order valence-corrected chi connectivity index (χ0v) is 23.0. The second-order valence-corrected chi connectivity index (χ2v) is 10.0. The predicted octanol–water partition coefficient (Wildman–Crippen LogP) is 6.42. The molecule has 4 aromatic carbocycles. The lowest BCUT2D eigenvalue weighted by molar-refractivity contribution is -0.149. The Labute approximate surface area is 236 Å². The number of carbonyl (C=O) groups excluding carboxylic acids is 2. The van der Waals surface area contributed by atoms with Crippen LogP contribution in [0, 0.1) is 0 Å². The molecule has 0 aliphatic carbocycles. The van der Waals surface area contributed by atoms with Crippen LogP contribution in [0.4, 0.5) is 11.4 Å². The minimum atomic E-state index is -0.407. The van der Waals surface area contributed by atoms with Crippen molar-refractivity contribution in [1.29, 1.82) is 0 Å². The highest BCUT2D eigenvalue weighted by molar-refractivity contribution is 6.08. The monoisotopic (exact) mass is 533 g/mol. The molecule has 2 atom stereocenters. The lowest BCUT2D eigenvalue weighted by Gasteiger charge is -2.30. The molecule has 1 aliphatic rings. The molecule has 0 radical (unpaired) electrons. The first kappa shape index (κ1) is 27.2. The lowest BCUT2D eigenvalue weighted by Crippen LogP contribution is -2.38. The Morgan fingerprint density at radius 1 is 0.900 bits per heavy atom. The summed E-state index contributed by atoms with van der Waals surface area (Å²) in [6, 6.07) is 35.2. The Hall–Kier alpha value is -4.42. The van der Waals surface area contributed by atoms with E-state index < -0.39 is 6.04 Å². The van der Waals surface area contributed by atoms with E-state index in [-0.39, 0.29) is 17.9 Å². The van der Waals surface area contributed by atoms with Crippen molar-refractivity contribution in [2.24, 2.45) is 0 Å². The summed E-state index contributed by atoms with van der Waals surface area (Å²) >= 11 is 0. The number of rotatable bonds is 9. The van der Waals surface area contributed by atoms with E-state index in [9.17, 15) is 9.59 Å². The van der Waals surface area contributed by atoms with E-state index in [2.05, 4.69) is 22.2 Å². The van der Waals surface area contributed by atoms with Gasteiger partial charge in [-0.05, 0) is 60.4 Å². The van der Waals surface area contributed by atoms with Gasteiger partial charge in [-0.1, -0.05) is 78.9 Å². The van der Waals surface area contributed by atoms with E-state index in [1.807, 2.05) is 116 Å². The summed E-state index contributed by atoms with van der Waals surface area (Å²) in [5, 5.41) is 3.05. The predicted molar refractivity (Wildman–Crippen MR) is 160 cm³/mol. The molecule has 0 aromatic heterocycles. The van der Waals surface area contributed by atoms with Gasteiger partial charge in [0.05, 0.1) is 6.61 Å². The van der Waals surface area contributed by atoms with Gasteiger partial charge >= 0.3 is 5.97 Å². The van der Waals surface area contributed by atoms with Crippen LogP contribution in [0.5, 0.6) is 0 Å². The fourth-order valence-corrected chi connectivity index (χ4v) is 5.41. The Bertz CT molecular complexity index is 1420. The van der Waals surface area contributed by atoms with Crippen molar-refractivity contribution in [2.75, 3.05) is 37.0 Å². The SMILES string of the molecule is CCOC(=O)C(c1ccccc1)N1CCC(N(C)c2ccc(NC(=O)c3ccccc3-c3ccccc3)cc2)C1. The van der Waals surface area contributed by atoms with Crippen LogP contribution in [0.3, 0.4) is 0 Å². The second-order valence-electron chi connectivity index (χ2n) is 10.0. The van der Waals surface area contributed by atoms with Gasteiger partial charge in [-0.3, -0.25) is 9.69 Å². The van der Waals surface area contributed by atoms with Gasteiger partial charge in [0.2, 0.25) is 0 Å². The summed E-state index contributed by atoms with van der Waals surface area (Å²) in [5.74, 6) is -0.344. The van der Waals surface area contributed by atoms with Gasteiger partial charge in [-0.25, -0.2) is 4.79 Å². The van der Waals surface area contributed by atoms with Crippen molar-refractivity contribution in [1.82, 2.24) is 4.90 Å². The summed E-state index contributed by atoms with van der Waals surface area (Å²) in [6.45, 7) is 3.76. The zero-order valence-electron chi connectivity index (χ0n) is 23.0. The number of nitrogens with one attached hydrogen (secondary N) is 1. The molecule has 204 valence electrons. The number of ether oxygens (including phenoxy) is 1. The molecule has 1 amide bonds. The minimum Gasteiger partial charge on any atom is -0.465 e. The van der Waals surface area contributed by atoms with E-state index in [0.717, 1.165) is 47.6 Å². The summed E-state index contributed by atoms with van der Waals surface area (Å²) in [7, 11) is 2.08. The minimum absolute atomic E-state index is 0.141. The third-order valence-electron chi connectivity index (χ3n) is 7.52. The maximum absolute atomic E-state index is 13.2. The molecule has 0 saturated carbocycles. The highest BCUT2D eigenvalue weighted by Gasteiger charge is 2.36. The van der Waals surface area contributed by atoms with Gasteiger partial charge in [0.25, 0.3) is 5.91 Å². The van der Waals surface area contributed by atoms with Crippen LogP contribution in [0.1, 0.15) is 35.3 Å². The van der Waals surface area contributed by atoms with Gasteiger partial charge in [0.15, 0.2) is 0 Å². The lowest BCUT2D eigenvalue weighted by atomic mass is 9.99. The van der Waals surface area contributed by atoms with Crippen molar-refractivity contribution in [3.8, 4) is 11.1 Å². The highest BCUT2D eigenvalue weighted by atomic mass is 16.5. The van der Waals surface area contributed by atoms with E-state index in [4.69, 9.17) is 4.74 Å². The van der Waals surface area contributed by atoms with Crippen LogP contribution in [0.15, 0.2) is 109 Å². The number of nitrogens with zero attached hydrogens (tertiary/aromatic N) is 2. The van der Waals surface area contributed by atoms with Crippen molar-refractivity contribution < 1.29 is 14.3 Å². The normalized spacial score (nSPS) is 15.8. The van der Waals surface area contributed by atoms with Crippen molar-refractivity contribution in [2.45, 2.75) is 25.4 Å². The van der Waals surface area contributed by atoms with Crippen LogP contribution < -0.4 is 10.2 Å². The first-order valence-electron chi connectivity index (χ1n) is 13.8. The number of benzene rings is 4. The number of likely N-dealkylation sites (tertiary alicyclic amines) is 1. The number of likely N-dealkylation sites (N-methyl/N-ethyl adjacent to an activating group) is 1. The van der Waals surface area contributed by atoms with Crippen molar-refractivity contribution in [3.05, 3.63) is 120 Å². The van der Waals surface area contributed by atoms with Crippen LogP contribution in [-0.2, 0) is 9.53 Å². The molecule has 6 heteroatoms. The Morgan fingerprint density at radius 2 is 1.55 bits per heavy atom. The molecule has 0 bridgehead atoms. The topological polar surface area (TPSA) is 61.9 Å². The molecule has 2 unspecified atom stereocenters. The maximum atomic E-state index is 13.2. The largest absolute Gasteiger partial charge is 0.465 e. The number of hydrogen-bond acceptors (Lipinski definition) is 5. The highest BCUT2D eigenvalue weighted by Crippen LogP contribution is 2.30. The van der Waals surface area contributed by atoms with Gasteiger partial charge < -0.3 is 15.0 Å². The maximum Gasteiger partial charge on any atom is 0.328 e. The molecule has 1 heterocycles. The molecule has 4 aromatic rings. The number of hydrogen-bond donors (Lipinski definition) is 1. The molecule has 1 aliphatic heterocycles. The molecule has 1 N–H and O–H groups in total. The Kier molecular flexibility index (Phi) is 8.57.